The molecule has 2 aromatic rings. The SMILES string of the molecule is CSc1ccc(-c2nnc(C(C)Cl)o2)cc1. The third-order valence-electron chi connectivity index (χ3n) is 2.12. The minimum atomic E-state index is -0.258. The average Bonchev–Trinajstić information content (AvgIpc) is 2.78. The summed E-state index contributed by atoms with van der Waals surface area (Å²) in [4.78, 5) is 1.20. The van der Waals surface area contributed by atoms with E-state index in [0.717, 1.165) is 5.56 Å². The fourth-order valence-electron chi connectivity index (χ4n) is 1.25. The maximum absolute atomic E-state index is 5.85. The molecule has 0 spiro atoms. The van der Waals surface area contributed by atoms with Crippen molar-refractivity contribution >= 4 is 23.4 Å². The molecule has 2 rings (SSSR count). The van der Waals surface area contributed by atoms with Crippen LogP contribution in [0.2, 0.25) is 0 Å². The van der Waals surface area contributed by atoms with E-state index >= 15 is 0 Å². The van der Waals surface area contributed by atoms with E-state index < -0.39 is 0 Å². The lowest BCUT2D eigenvalue weighted by molar-refractivity contribution is 0.507. The van der Waals surface area contributed by atoms with Crippen molar-refractivity contribution in [3.05, 3.63) is 30.2 Å². The van der Waals surface area contributed by atoms with Crippen molar-refractivity contribution in [3.8, 4) is 11.5 Å². The molecule has 0 amide bonds. The normalized spacial score (nSPS) is 12.7. The Balaban J connectivity index is 2.28. The number of aromatic nitrogens is 2. The molecule has 1 heterocycles. The van der Waals surface area contributed by atoms with Gasteiger partial charge in [-0.3, -0.25) is 0 Å². The summed E-state index contributed by atoms with van der Waals surface area (Å²) in [5, 5.41) is 7.58. The quantitative estimate of drug-likeness (QED) is 0.618. The molecular formula is C11H11ClN2OS. The summed E-state index contributed by atoms with van der Waals surface area (Å²) < 4.78 is 5.44. The zero-order valence-corrected chi connectivity index (χ0v) is 10.5. The van der Waals surface area contributed by atoms with Gasteiger partial charge in [0.2, 0.25) is 11.8 Å². The van der Waals surface area contributed by atoms with Gasteiger partial charge in [-0.2, -0.15) is 0 Å². The lowest BCUT2D eigenvalue weighted by Gasteiger charge is -1.97. The van der Waals surface area contributed by atoms with E-state index in [2.05, 4.69) is 10.2 Å². The molecule has 0 fully saturated rings. The summed E-state index contributed by atoms with van der Waals surface area (Å²) in [5.41, 5.74) is 0.911. The van der Waals surface area contributed by atoms with Gasteiger partial charge in [-0.15, -0.1) is 33.6 Å². The van der Waals surface area contributed by atoms with Crippen LogP contribution >= 0.6 is 23.4 Å². The summed E-state index contributed by atoms with van der Waals surface area (Å²) in [5.74, 6) is 0.959. The Morgan fingerprint density at radius 2 is 1.94 bits per heavy atom. The molecule has 0 saturated carbocycles. The average molecular weight is 255 g/mol. The van der Waals surface area contributed by atoms with E-state index in [4.69, 9.17) is 16.0 Å². The zero-order chi connectivity index (χ0) is 11.5. The number of benzene rings is 1. The molecule has 0 aliphatic heterocycles. The first-order chi connectivity index (χ1) is 7.70. The van der Waals surface area contributed by atoms with Gasteiger partial charge >= 0.3 is 0 Å². The van der Waals surface area contributed by atoms with Gasteiger partial charge in [-0.25, -0.2) is 0 Å². The summed E-state index contributed by atoms with van der Waals surface area (Å²) in [6.45, 7) is 1.80. The van der Waals surface area contributed by atoms with Gasteiger partial charge in [0.05, 0.1) is 0 Å². The molecule has 1 unspecified atom stereocenters. The third kappa shape index (κ3) is 2.39. The van der Waals surface area contributed by atoms with Crippen LogP contribution < -0.4 is 0 Å². The summed E-state index contributed by atoms with van der Waals surface area (Å²) >= 11 is 7.55. The molecule has 16 heavy (non-hydrogen) atoms. The van der Waals surface area contributed by atoms with E-state index in [9.17, 15) is 0 Å². The van der Waals surface area contributed by atoms with Crippen molar-refractivity contribution in [1.82, 2.24) is 10.2 Å². The molecule has 0 aliphatic carbocycles. The smallest absolute Gasteiger partial charge is 0.247 e. The Kier molecular flexibility index (Phi) is 3.51. The number of hydrogen-bond acceptors (Lipinski definition) is 4. The molecule has 0 bridgehead atoms. The Morgan fingerprint density at radius 1 is 1.25 bits per heavy atom. The summed E-state index contributed by atoms with van der Waals surface area (Å²) in [6, 6.07) is 7.96. The standard InChI is InChI=1S/C11H11ClN2OS/c1-7(12)10-13-14-11(15-10)8-3-5-9(16-2)6-4-8/h3-7H,1-2H3. The number of hydrogen-bond donors (Lipinski definition) is 0. The predicted molar refractivity (Wildman–Crippen MR) is 65.8 cm³/mol. The lowest BCUT2D eigenvalue weighted by atomic mass is 10.2. The minimum Gasteiger partial charge on any atom is -0.419 e. The number of nitrogens with zero attached hydrogens (tertiary/aromatic N) is 2. The third-order valence-corrected chi connectivity index (χ3v) is 3.05. The van der Waals surface area contributed by atoms with Crippen LogP contribution in [0.5, 0.6) is 0 Å². The van der Waals surface area contributed by atoms with Gasteiger partial charge in [0.15, 0.2) is 0 Å². The monoisotopic (exact) mass is 254 g/mol. The molecular weight excluding hydrogens is 244 g/mol. The van der Waals surface area contributed by atoms with Crippen molar-refractivity contribution in [1.29, 1.82) is 0 Å². The fraction of sp³-hybridized carbons (Fsp3) is 0.273. The zero-order valence-electron chi connectivity index (χ0n) is 8.98. The molecule has 0 aliphatic rings. The van der Waals surface area contributed by atoms with Crippen molar-refractivity contribution < 1.29 is 4.42 Å². The largest absolute Gasteiger partial charge is 0.419 e. The highest BCUT2D eigenvalue weighted by atomic mass is 35.5. The number of thioether (sulfide) groups is 1. The molecule has 1 aromatic carbocycles. The van der Waals surface area contributed by atoms with Crippen molar-refractivity contribution in [2.75, 3.05) is 6.26 Å². The molecule has 3 nitrogen and oxygen atoms in total. The van der Waals surface area contributed by atoms with Gasteiger partial charge in [0.1, 0.15) is 5.38 Å². The van der Waals surface area contributed by atoms with Crippen LogP contribution in [0, 0.1) is 0 Å². The Morgan fingerprint density at radius 3 is 2.44 bits per heavy atom. The van der Waals surface area contributed by atoms with Crippen LogP contribution in [-0.2, 0) is 0 Å². The van der Waals surface area contributed by atoms with Crippen molar-refractivity contribution in [2.24, 2.45) is 0 Å². The maximum Gasteiger partial charge on any atom is 0.247 e. The van der Waals surface area contributed by atoms with Crippen molar-refractivity contribution in [2.45, 2.75) is 17.2 Å². The fourth-order valence-corrected chi connectivity index (χ4v) is 1.74. The van der Waals surface area contributed by atoms with E-state index in [1.165, 1.54) is 4.90 Å². The maximum atomic E-state index is 5.85. The second kappa shape index (κ2) is 4.89. The van der Waals surface area contributed by atoms with E-state index in [-0.39, 0.29) is 5.38 Å². The predicted octanol–water partition coefficient (Wildman–Crippen LogP) is 3.76. The first-order valence-electron chi connectivity index (χ1n) is 4.82. The highest BCUT2D eigenvalue weighted by molar-refractivity contribution is 7.98. The minimum absolute atomic E-state index is 0.258. The second-order valence-electron chi connectivity index (χ2n) is 3.29. The van der Waals surface area contributed by atoms with Gasteiger partial charge in [-0.1, -0.05) is 0 Å². The van der Waals surface area contributed by atoms with E-state index in [1.54, 1.807) is 18.7 Å². The number of halogens is 1. The van der Waals surface area contributed by atoms with Gasteiger partial charge in [0, 0.05) is 10.5 Å². The Labute approximate surface area is 103 Å². The van der Waals surface area contributed by atoms with Crippen LogP contribution in [0.1, 0.15) is 18.2 Å². The first kappa shape index (κ1) is 11.5. The van der Waals surface area contributed by atoms with Gasteiger partial charge < -0.3 is 4.42 Å². The molecule has 0 N–H and O–H groups in total. The van der Waals surface area contributed by atoms with E-state index in [0.29, 0.717) is 11.8 Å². The Bertz CT molecular complexity index is 467. The first-order valence-corrected chi connectivity index (χ1v) is 6.48. The number of alkyl halides is 1. The molecule has 5 heteroatoms. The van der Waals surface area contributed by atoms with Crippen LogP contribution in [0.3, 0.4) is 0 Å². The van der Waals surface area contributed by atoms with Gasteiger partial charge in [-0.05, 0) is 37.4 Å². The highest BCUT2D eigenvalue weighted by Crippen LogP contribution is 2.25. The molecule has 84 valence electrons. The summed E-state index contributed by atoms with van der Waals surface area (Å²) in [7, 11) is 0. The summed E-state index contributed by atoms with van der Waals surface area (Å²) in [6.07, 6.45) is 2.04. The molecule has 0 saturated heterocycles. The van der Waals surface area contributed by atoms with Crippen molar-refractivity contribution in [3.63, 3.8) is 0 Å². The molecule has 1 atom stereocenters. The van der Waals surface area contributed by atoms with Crippen LogP contribution in [-0.4, -0.2) is 16.5 Å². The number of rotatable bonds is 3. The second-order valence-corrected chi connectivity index (χ2v) is 4.82. The molecule has 0 radical (unpaired) electrons. The molecule has 1 aromatic heterocycles. The van der Waals surface area contributed by atoms with Crippen LogP contribution in [0.15, 0.2) is 33.6 Å². The highest BCUT2D eigenvalue weighted by Gasteiger charge is 2.12. The van der Waals surface area contributed by atoms with Crippen LogP contribution in [0.25, 0.3) is 11.5 Å². The lowest BCUT2D eigenvalue weighted by Crippen LogP contribution is -1.81. The topological polar surface area (TPSA) is 38.9 Å². The van der Waals surface area contributed by atoms with E-state index in [1.807, 2.05) is 30.5 Å². The van der Waals surface area contributed by atoms with Crippen LogP contribution in [0.4, 0.5) is 0 Å². The van der Waals surface area contributed by atoms with Gasteiger partial charge in [0.25, 0.3) is 0 Å². The Hall–Kier alpha value is -1.00.